The Morgan fingerprint density at radius 3 is 1.96 bits per heavy atom. The van der Waals surface area contributed by atoms with Gasteiger partial charge in [0.15, 0.2) is 0 Å². The fourth-order valence-corrected chi connectivity index (χ4v) is 2.66. The van der Waals surface area contributed by atoms with E-state index >= 15 is 0 Å². The lowest BCUT2D eigenvalue weighted by Gasteiger charge is -2.09. The molecule has 0 N–H and O–H groups in total. The quantitative estimate of drug-likeness (QED) is 0.358. The molecule has 2 nitrogen and oxygen atoms in total. The van der Waals surface area contributed by atoms with Crippen LogP contribution in [-0.2, 0) is 9.53 Å². The van der Waals surface area contributed by atoms with E-state index in [4.69, 9.17) is 4.74 Å². The van der Waals surface area contributed by atoms with Gasteiger partial charge in [0.05, 0.1) is 6.61 Å². The summed E-state index contributed by atoms with van der Waals surface area (Å²) in [5.74, 6) is 5.48. The first kappa shape index (κ1) is 19.1. The number of rotatable bonds is 4. The summed E-state index contributed by atoms with van der Waals surface area (Å²) in [7, 11) is 0. The summed E-state index contributed by atoms with van der Waals surface area (Å²) in [6, 6.07) is 23.4. The minimum Gasteiger partial charge on any atom is -0.463 e. The van der Waals surface area contributed by atoms with Gasteiger partial charge in [-0.25, -0.2) is 9.18 Å². The smallest absolute Gasteiger partial charge is 0.331 e. The lowest BCUT2D eigenvalue weighted by Crippen LogP contribution is -2.02. The predicted octanol–water partition coefficient (Wildman–Crippen LogP) is 5.22. The number of esters is 1. The second-order valence-corrected chi connectivity index (χ2v) is 6.01. The molecule has 0 unspecified atom stereocenters. The van der Waals surface area contributed by atoms with Crippen LogP contribution >= 0.6 is 0 Å². The van der Waals surface area contributed by atoms with Gasteiger partial charge in [-0.2, -0.15) is 0 Å². The first-order chi connectivity index (χ1) is 13.7. The largest absolute Gasteiger partial charge is 0.463 e. The molecular formula is C25H19FO2. The lowest BCUT2D eigenvalue weighted by atomic mass is 9.96. The molecule has 0 aliphatic heterocycles. The van der Waals surface area contributed by atoms with Gasteiger partial charge in [0.25, 0.3) is 0 Å². The van der Waals surface area contributed by atoms with Crippen LogP contribution in [0.4, 0.5) is 4.39 Å². The van der Waals surface area contributed by atoms with Gasteiger partial charge in [0.1, 0.15) is 5.82 Å². The van der Waals surface area contributed by atoms with Crippen molar-refractivity contribution in [3.63, 3.8) is 0 Å². The maximum Gasteiger partial charge on any atom is 0.331 e. The van der Waals surface area contributed by atoms with Gasteiger partial charge >= 0.3 is 5.97 Å². The maximum absolute atomic E-state index is 13.3. The van der Waals surface area contributed by atoms with E-state index in [2.05, 4.69) is 11.8 Å². The molecule has 0 aliphatic carbocycles. The third kappa shape index (κ3) is 5.18. The summed E-state index contributed by atoms with van der Waals surface area (Å²) in [6.07, 6.45) is 1.43. The maximum atomic E-state index is 13.3. The van der Waals surface area contributed by atoms with Crippen LogP contribution in [0, 0.1) is 17.7 Å². The molecule has 0 radical (unpaired) electrons. The number of hydrogen-bond donors (Lipinski definition) is 0. The highest BCUT2D eigenvalue weighted by atomic mass is 19.1. The van der Waals surface area contributed by atoms with Crippen molar-refractivity contribution in [2.24, 2.45) is 0 Å². The average molecular weight is 370 g/mol. The fourth-order valence-electron chi connectivity index (χ4n) is 2.66. The Labute approximate surface area is 164 Å². The van der Waals surface area contributed by atoms with E-state index in [9.17, 15) is 9.18 Å². The van der Waals surface area contributed by atoms with Crippen molar-refractivity contribution in [2.45, 2.75) is 6.92 Å². The molecule has 138 valence electrons. The van der Waals surface area contributed by atoms with Gasteiger partial charge in [-0.05, 0) is 60.0 Å². The van der Waals surface area contributed by atoms with Crippen LogP contribution < -0.4 is 0 Å². The van der Waals surface area contributed by atoms with Crippen LogP contribution in [0.25, 0.3) is 5.57 Å². The van der Waals surface area contributed by atoms with Gasteiger partial charge in [0, 0.05) is 17.2 Å². The molecule has 0 spiro atoms. The van der Waals surface area contributed by atoms with E-state index in [0.29, 0.717) is 12.2 Å². The Hall–Kier alpha value is -3.64. The van der Waals surface area contributed by atoms with Crippen LogP contribution in [0.3, 0.4) is 0 Å². The Morgan fingerprint density at radius 2 is 1.39 bits per heavy atom. The zero-order valence-electron chi connectivity index (χ0n) is 15.5. The van der Waals surface area contributed by atoms with Gasteiger partial charge in [-0.1, -0.05) is 54.3 Å². The highest BCUT2D eigenvalue weighted by molar-refractivity contribution is 5.96. The summed E-state index contributed by atoms with van der Waals surface area (Å²) >= 11 is 0. The Kier molecular flexibility index (Phi) is 6.38. The molecule has 0 saturated heterocycles. The zero-order valence-corrected chi connectivity index (χ0v) is 15.5. The van der Waals surface area contributed by atoms with Crippen LogP contribution in [0.1, 0.15) is 29.2 Å². The molecule has 0 saturated carbocycles. The Morgan fingerprint density at radius 1 is 0.857 bits per heavy atom. The number of halogens is 1. The molecule has 0 atom stereocenters. The standard InChI is InChI=1S/C25H19FO2/c1-2-28-25(27)18-24(22-14-16-23(26)17-15-22)21-12-10-20(11-13-21)9-8-19-6-4-3-5-7-19/h3-7,10-18H,2H2,1H3/b24-18-. The van der Waals surface area contributed by atoms with Crippen molar-refractivity contribution in [3.05, 3.63) is 113 Å². The van der Waals surface area contributed by atoms with E-state index < -0.39 is 5.97 Å². The van der Waals surface area contributed by atoms with Crippen molar-refractivity contribution < 1.29 is 13.9 Å². The molecule has 3 heteroatoms. The average Bonchev–Trinajstić information content (AvgIpc) is 2.73. The number of carbonyl (C=O) groups excluding carboxylic acids is 1. The van der Waals surface area contributed by atoms with Gasteiger partial charge in [-0.3, -0.25) is 0 Å². The summed E-state index contributed by atoms with van der Waals surface area (Å²) in [6.45, 7) is 2.05. The van der Waals surface area contributed by atoms with Crippen molar-refractivity contribution in [1.29, 1.82) is 0 Å². The molecule has 3 rings (SSSR count). The van der Waals surface area contributed by atoms with Crippen molar-refractivity contribution in [3.8, 4) is 11.8 Å². The van der Waals surface area contributed by atoms with Gasteiger partial charge in [0.2, 0.25) is 0 Å². The second kappa shape index (κ2) is 9.34. The first-order valence-electron chi connectivity index (χ1n) is 8.97. The molecule has 0 aromatic heterocycles. The number of hydrogen-bond acceptors (Lipinski definition) is 2. The minimum atomic E-state index is -0.435. The van der Waals surface area contributed by atoms with E-state index in [1.807, 2.05) is 54.6 Å². The van der Waals surface area contributed by atoms with Crippen molar-refractivity contribution in [1.82, 2.24) is 0 Å². The molecule has 0 aliphatic rings. The van der Waals surface area contributed by atoms with E-state index in [0.717, 1.165) is 22.3 Å². The normalized spacial score (nSPS) is 10.7. The minimum absolute atomic E-state index is 0.292. The van der Waals surface area contributed by atoms with E-state index in [1.54, 1.807) is 19.1 Å². The SMILES string of the molecule is CCOC(=O)/C=C(\c1ccc(F)cc1)c1ccc(C#Cc2ccccc2)cc1. The van der Waals surface area contributed by atoms with Crippen LogP contribution in [0.5, 0.6) is 0 Å². The molecule has 3 aromatic carbocycles. The summed E-state index contributed by atoms with van der Waals surface area (Å²) in [5, 5.41) is 0. The number of carbonyl (C=O) groups is 1. The molecule has 0 bridgehead atoms. The third-order valence-electron chi connectivity index (χ3n) is 4.02. The lowest BCUT2D eigenvalue weighted by molar-refractivity contribution is -0.137. The second-order valence-electron chi connectivity index (χ2n) is 6.01. The number of ether oxygens (including phenoxy) is 1. The third-order valence-corrected chi connectivity index (χ3v) is 4.02. The van der Waals surface area contributed by atoms with Gasteiger partial charge < -0.3 is 4.74 Å². The first-order valence-corrected chi connectivity index (χ1v) is 8.97. The van der Waals surface area contributed by atoms with Crippen molar-refractivity contribution in [2.75, 3.05) is 6.61 Å². The van der Waals surface area contributed by atoms with Gasteiger partial charge in [-0.15, -0.1) is 0 Å². The molecule has 0 amide bonds. The highest BCUT2D eigenvalue weighted by Crippen LogP contribution is 2.24. The van der Waals surface area contributed by atoms with Crippen LogP contribution in [0.15, 0.2) is 84.9 Å². The monoisotopic (exact) mass is 370 g/mol. The highest BCUT2D eigenvalue weighted by Gasteiger charge is 2.09. The molecule has 0 fully saturated rings. The van der Waals surface area contributed by atoms with E-state index in [1.165, 1.54) is 18.2 Å². The molecular weight excluding hydrogens is 351 g/mol. The molecule has 3 aromatic rings. The topological polar surface area (TPSA) is 26.3 Å². The van der Waals surface area contributed by atoms with Crippen molar-refractivity contribution >= 4 is 11.5 Å². The number of benzene rings is 3. The van der Waals surface area contributed by atoms with E-state index in [-0.39, 0.29) is 5.82 Å². The Balaban J connectivity index is 1.91. The molecule has 28 heavy (non-hydrogen) atoms. The zero-order chi connectivity index (χ0) is 19.8. The summed E-state index contributed by atoms with van der Waals surface area (Å²) in [5.41, 5.74) is 4.03. The predicted molar refractivity (Wildman–Crippen MR) is 109 cm³/mol. The molecule has 0 heterocycles. The van der Waals surface area contributed by atoms with Crippen LogP contribution in [0.2, 0.25) is 0 Å². The summed E-state index contributed by atoms with van der Waals surface area (Å²) < 4.78 is 18.3. The van der Waals surface area contributed by atoms with Crippen LogP contribution in [-0.4, -0.2) is 12.6 Å². The Bertz CT molecular complexity index is 1020. The fraction of sp³-hybridized carbons (Fsp3) is 0.0800. The summed E-state index contributed by atoms with van der Waals surface area (Å²) in [4.78, 5) is 12.0.